The molecule has 0 amide bonds. The number of hydrogen-bond acceptors (Lipinski definition) is 3. The number of halogens is 3. The molecule has 6 heteroatoms. The lowest BCUT2D eigenvalue weighted by atomic mass is 10.2. The van der Waals surface area contributed by atoms with Gasteiger partial charge in [-0.2, -0.15) is 0 Å². The van der Waals surface area contributed by atoms with E-state index in [0.29, 0.717) is 13.2 Å². The van der Waals surface area contributed by atoms with Crippen molar-refractivity contribution >= 4 is 0 Å². The third-order valence-corrected chi connectivity index (χ3v) is 2.40. The summed E-state index contributed by atoms with van der Waals surface area (Å²) in [7, 11) is 0. The molecule has 0 fully saturated rings. The van der Waals surface area contributed by atoms with Crippen molar-refractivity contribution in [1.29, 1.82) is 0 Å². The number of rotatable bonds is 5. The summed E-state index contributed by atoms with van der Waals surface area (Å²) in [6, 6.07) is 11.1. The molecule has 1 heterocycles. The second-order valence-electron chi connectivity index (χ2n) is 4.01. The predicted octanol–water partition coefficient (Wildman–Crippen LogP) is 3.70. The molecule has 2 rings (SSSR count). The van der Waals surface area contributed by atoms with E-state index < -0.39 is 6.36 Å². The molecule has 0 atom stereocenters. The second-order valence-corrected chi connectivity index (χ2v) is 4.01. The maximum absolute atomic E-state index is 12.0. The zero-order valence-electron chi connectivity index (χ0n) is 10.4. The molecule has 1 aromatic carbocycles. The molecule has 0 bridgehead atoms. The highest BCUT2D eigenvalue weighted by atomic mass is 19.4. The van der Waals surface area contributed by atoms with Gasteiger partial charge in [-0.15, -0.1) is 13.2 Å². The number of aromatic nitrogens is 1. The van der Waals surface area contributed by atoms with Gasteiger partial charge in [0.1, 0.15) is 5.75 Å². The fraction of sp³-hybridized carbons (Fsp3) is 0.214. The second kappa shape index (κ2) is 6.38. The number of hydrogen-bond donors (Lipinski definition) is 0. The molecule has 0 saturated carbocycles. The number of pyridine rings is 1. The highest BCUT2D eigenvalue weighted by Crippen LogP contribution is 2.22. The summed E-state index contributed by atoms with van der Waals surface area (Å²) < 4.78 is 45.1. The van der Waals surface area contributed by atoms with Gasteiger partial charge in [0.05, 0.1) is 18.9 Å². The van der Waals surface area contributed by atoms with E-state index in [1.807, 2.05) is 18.2 Å². The van der Waals surface area contributed by atoms with E-state index in [1.165, 1.54) is 24.3 Å². The maximum Gasteiger partial charge on any atom is 0.573 e. The highest BCUT2D eigenvalue weighted by Gasteiger charge is 2.30. The Morgan fingerprint density at radius 1 is 0.950 bits per heavy atom. The van der Waals surface area contributed by atoms with Crippen LogP contribution < -0.4 is 4.74 Å². The van der Waals surface area contributed by atoms with Crippen LogP contribution in [0.3, 0.4) is 0 Å². The van der Waals surface area contributed by atoms with Crippen molar-refractivity contribution in [3.05, 3.63) is 59.9 Å². The third kappa shape index (κ3) is 4.89. The first-order valence-corrected chi connectivity index (χ1v) is 5.85. The van der Waals surface area contributed by atoms with Crippen LogP contribution in [-0.2, 0) is 18.0 Å². The van der Waals surface area contributed by atoms with Gasteiger partial charge in [-0.05, 0) is 29.8 Å². The van der Waals surface area contributed by atoms with Crippen molar-refractivity contribution in [3.63, 3.8) is 0 Å². The van der Waals surface area contributed by atoms with Crippen molar-refractivity contribution in [1.82, 2.24) is 4.98 Å². The summed E-state index contributed by atoms with van der Waals surface area (Å²) in [4.78, 5) is 4.09. The minimum Gasteiger partial charge on any atom is -0.406 e. The van der Waals surface area contributed by atoms with Crippen LogP contribution in [0.2, 0.25) is 0 Å². The number of benzene rings is 1. The van der Waals surface area contributed by atoms with E-state index >= 15 is 0 Å². The van der Waals surface area contributed by atoms with Gasteiger partial charge >= 0.3 is 6.36 Å². The standard InChI is InChI=1S/C14H12F3NO2/c15-14(16,17)20-13-6-4-11(5-7-13)9-19-10-12-3-1-2-8-18-12/h1-8H,9-10H2. The zero-order valence-corrected chi connectivity index (χ0v) is 10.4. The molecule has 0 radical (unpaired) electrons. The molecular formula is C14H12F3NO2. The first-order valence-electron chi connectivity index (χ1n) is 5.85. The Hall–Kier alpha value is -2.08. The molecule has 0 spiro atoms. The molecule has 20 heavy (non-hydrogen) atoms. The summed E-state index contributed by atoms with van der Waals surface area (Å²) in [6.45, 7) is 0.643. The number of alkyl halides is 3. The van der Waals surface area contributed by atoms with Crippen molar-refractivity contribution < 1.29 is 22.6 Å². The molecule has 0 saturated heterocycles. The van der Waals surface area contributed by atoms with E-state index in [1.54, 1.807) is 6.20 Å². The SMILES string of the molecule is FC(F)(F)Oc1ccc(COCc2ccccn2)cc1. The molecule has 0 aliphatic carbocycles. The maximum atomic E-state index is 12.0. The van der Waals surface area contributed by atoms with Gasteiger partial charge < -0.3 is 9.47 Å². The van der Waals surface area contributed by atoms with Crippen molar-refractivity contribution in [2.45, 2.75) is 19.6 Å². The summed E-state index contributed by atoms with van der Waals surface area (Å²) in [5, 5.41) is 0. The lowest BCUT2D eigenvalue weighted by Crippen LogP contribution is -2.17. The first-order chi connectivity index (χ1) is 9.53. The molecule has 106 valence electrons. The van der Waals surface area contributed by atoms with Crippen LogP contribution in [0.15, 0.2) is 48.7 Å². The van der Waals surface area contributed by atoms with Crippen LogP contribution in [0.4, 0.5) is 13.2 Å². The monoisotopic (exact) mass is 283 g/mol. The largest absolute Gasteiger partial charge is 0.573 e. The van der Waals surface area contributed by atoms with Crippen LogP contribution in [0.5, 0.6) is 5.75 Å². The van der Waals surface area contributed by atoms with Gasteiger partial charge in [-0.3, -0.25) is 4.98 Å². The van der Waals surface area contributed by atoms with Gasteiger partial charge in [-0.1, -0.05) is 18.2 Å². The summed E-state index contributed by atoms with van der Waals surface area (Å²) >= 11 is 0. The minimum atomic E-state index is -4.67. The first kappa shape index (κ1) is 14.3. The van der Waals surface area contributed by atoms with Crippen LogP contribution in [0.25, 0.3) is 0 Å². The van der Waals surface area contributed by atoms with Gasteiger partial charge in [0.2, 0.25) is 0 Å². The predicted molar refractivity (Wildman–Crippen MR) is 65.9 cm³/mol. The minimum absolute atomic E-state index is 0.244. The molecular weight excluding hydrogens is 271 g/mol. The zero-order chi connectivity index (χ0) is 14.4. The molecule has 0 unspecified atom stereocenters. The lowest BCUT2D eigenvalue weighted by Gasteiger charge is -2.09. The average Bonchev–Trinajstić information content (AvgIpc) is 2.40. The summed E-state index contributed by atoms with van der Waals surface area (Å²) in [5.74, 6) is -0.244. The summed E-state index contributed by atoms with van der Waals surface area (Å²) in [5.41, 5.74) is 1.56. The fourth-order valence-corrected chi connectivity index (χ4v) is 1.54. The smallest absolute Gasteiger partial charge is 0.406 e. The quantitative estimate of drug-likeness (QED) is 0.838. The number of nitrogens with zero attached hydrogens (tertiary/aromatic N) is 1. The normalized spacial score (nSPS) is 11.3. The van der Waals surface area contributed by atoms with Gasteiger partial charge in [-0.25, -0.2) is 0 Å². The Kier molecular flexibility index (Phi) is 4.57. The van der Waals surface area contributed by atoms with E-state index in [-0.39, 0.29) is 5.75 Å². The van der Waals surface area contributed by atoms with Crippen LogP contribution in [0, 0.1) is 0 Å². The molecule has 2 aromatic rings. The lowest BCUT2D eigenvalue weighted by molar-refractivity contribution is -0.274. The van der Waals surface area contributed by atoms with E-state index in [2.05, 4.69) is 9.72 Å². The van der Waals surface area contributed by atoms with Crippen LogP contribution >= 0.6 is 0 Å². The van der Waals surface area contributed by atoms with E-state index in [4.69, 9.17) is 4.74 Å². The molecule has 3 nitrogen and oxygen atoms in total. The molecule has 1 aromatic heterocycles. The molecule has 0 N–H and O–H groups in total. The van der Waals surface area contributed by atoms with E-state index in [0.717, 1.165) is 11.3 Å². The van der Waals surface area contributed by atoms with Crippen LogP contribution in [-0.4, -0.2) is 11.3 Å². The van der Waals surface area contributed by atoms with Gasteiger partial charge in [0.25, 0.3) is 0 Å². The Balaban J connectivity index is 1.82. The Morgan fingerprint density at radius 3 is 2.30 bits per heavy atom. The third-order valence-electron chi connectivity index (χ3n) is 2.40. The Morgan fingerprint density at radius 2 is 1.70 bits per heavy atom. The number of ether oxygens (including phenoxy) is 2. The van der Waals surface area contributed by atoms with Crippen molar-refractivity contribution in [2.24, 2.45) is 0 Å². The molecule has 0 aliphatic heterocycles. The topological polar surface area (TPSA) is 31.4 Å². The van der Waals surface area contributed by atoms with Crippen LogP contribution in [0.1, 0.15) is 11.3 Å². The van der Waals surface area contributed by atoms with Crippen molar-refractivity contribution in [2.75, 3.05) is 0 Å². The fourth-order valence-electron chi connectivity index (χ4n) is 1.54. The Bertz CT molecular complexity index is 526. The highest BCUT2D eigenvalue weighted by molar-refractivity contribution is 5.27. The van der Waals surface area contributed by atoms with Gasteiger partial charge in [0, 0.05) is 6.20 Å². The Labute approximate surface area is 114 Å². The van der Waals surface area contributed by atoms with E-state index in [9.17, 15) is 13.2 Å². The van der Waals surface area contributed by atoms with Crippen molar-refractivity contribution in [3.8, 4) is 5.75 Å². The average molecular weight is 283 g/mol. The molecule has 0 aliphatic rings. The van der Waals surface area contributed by atoms with Gasteiger partial charge in [0.15, 0.2) is 0 Å². The summed E-state index contributed by atoms with van der Waals surface area (Å²) in [6.07, 6.45) is -3.00.